The molecule has 4 nitrogen and oxygen atoms in total. The molecule has 0 saturated heterocycles. The molecule has 114 valence electrons. The van der Waals surface area contributed by atoms with Gasteiger partial charge in [0, 0.05) is 17.0 Å². The molecule has 0 spiro atoms. The predicted octanol–water partition coefficient (Wildman–Crippen LogP) is 3.09. The largest absolute Gasteiger partial charge is 0.312 e. The van der Waals surface area contributed by atoms with Gasteiger partial charge in [0.15, 0.2) is 0 Å². The maximum Gasteiger partial charge on any atom is 0.243 e. The molecular weight excluding hydrogens is 360 g/mol. The molecule has 1 aliphatic rings. The molecule has 1 heterocycles. The van der Waals surface area contributed by atoms with Crippen molar-refractivity contribution in [3.8, 4) is 0 Å². The Morgan fingerprint density at radius 1 is 1.45 bits per heavy atom. The second-order valence-corrected chi connectivity index (χ2v) is 9.84. The Morgan fingerprint density at radius 3 is 2.65 bits per heavy atom. The fourth-order valence-electron chi connectivity index (χ4n) is 2.21. The van der Waals surface area contributed by atoms with E-state index in [0.29, 0.717) is 21.1 Å². The van der Waals surface area contributed by atoms with Crippen molar-refractivity contribution in [1.82, 2.24) is 10.0 Å². The van der Waals surface area contributed by atoms with Gasteiger partial charge in [-0.25, -0.2) is 13.1 Å². The standard InChI is InChI=1S/C13H21BrN2O2S2/c1-4-15-8-10-7-11(12(14)19-10)20(17,18)16-13(2,3)9-5-6-9/h7,9,15-16H,4-6,8H2,1-3H3. The van der Waals surface area contributed by atoms with Crippen molar-refractivity contribution < 1.29 is 8.42 Å². The first kappa shape index (κ1) is 16.4. The van der Waals surface area contributed by atoms with Crippen molar-refractivity contribution in [2.75, 3.05) is 6.54 Å². The van der Waals surface area contributed by atoms with Gasteiger partial charge in [0.2, 0.25) is 10.0 Å². The summed E-state index contributed by atoms with van der Waals surface area (Å²) >= 11 is 4.84. The molecule has 1 aliphatic carbocycles. The first-order chi connectivity index (χ1) is 9.26. The van der Waals surface area contributed by atoms with Gasteiger partial charge in [-0.2, -0.15) is 0 Å². The summed E-state index contributed by atoms with van der Waals surface area (Å²) in [6.07, 6.45) is 2.21. The van der Waals surface area contributed by atoms with Crippen LogP contribution in [0, 0.1) is 5.92 Å². The number of halogens is 1. The third kappa shape index (κ3) is 3.82. The van der Waals surface area contributed by atoms with Crippen LogP contribution in [0.2, 0.25) is 0 Å². The van der Waals surface area contributed by atoms with Crippen molar-refractivity contribution in [2.45, 2.75) is 50.6 Å². The average Bonchev–Trinajstić information content (AvgIpc) is 3.10. The minimum atomic E-state index is -3.47. The second-order valence-electron chi connectivity index (χ2n) is 5.73. The Morgan fingerprint density at radius 2 is 2.10 bits per heavy atom. The van der Waals surface area contributed by atoms with E-state index in [2.05, 4.69) is 26.0 Å². The third-order valence-corrected chi connectivity index (χ3v) is 7.46. The van der Waals surface area contributed by atoms with Gasteiger partial charge in [0.25, 0.3) is 0 Å². The Hall–Kier alpha value is 0.0500. The maximum atomic E-state index is 12.5. The van der Waals surface area contributed by atoms with Crippen LogP contribution in [0.1, 0.15) is 38.5 Å². The quantitative estimate of drug-likeness (QED) is 0.763. The Balaban J connectivity index is 2.18. The van der Waals surface area contributed by atoms with Gasteiger partial charge in [-0.1, -0.05) is 6.92 Å². The van der Waals surface area contributed by atoms with Crippen molar-refractivity contribution in [3.05, 3.63) is 14.7 Å². The smallest absolute Gasteiger partial charge is 0.243 e. The summed E-state index contributed by atoms with van der Waals surface area (Å²) in [4.78, 5) is 1.37. The summed E-state index contributed by atoms with van der Waals surface area (Å²) in [7, 11) is -3.47. The zero-order valence-corrected chi connectivity index (χ0v) is 15.2. The second kappa shape index (κ2) is 6.04. The molecule has 7 heteroatoms. The summed E-state index contributed by atoms with van der Waals surface area (Å²) in [5.74, 6) is 0.455. The molecule has 1 saturated carbocycles. The topological polar surface area (TPSA) is 58.2 Å². The zero-order chi connectivity index (χ0) is 15.0. The van der Waals surface area contributed by atoms with Gasteiger partial charge in [-0.3, -0.25) is 0 Å². The highest BCUT2D eigenvalue weighted by atomic mass is 79.9. The lowest BCUT2D eigenvalue weighted by Gasteiger charge is -2.25. The number of rotatable bonds is 7. The van der Waals surface area contributed by atoms with E-state index in [-0.39, 0.29) is 5.54 Å². The molecule has 0 atom stereocenters. The highest BCUT2D eigenvalue weighted by molar-refractivity contribution is 9.11. The first-order valence-electron chi connectivity index (χ1n) is 6.79. The van der Waals surface area contributed by atoms with Crippen LogP contribution in [-0.4, -0.2) is 20.5 Å². The fourth-order valence-corrected chi connectivity index (χ4v) is 6.33. The van der Waals surface area contributed by atoms with E-state index in [1.807, 2.05) is 20.8 Å². The van der Waals surface area contributed by atoms with Crippen LogP contribution < -0.4 is 10.0 Å². The van der Waals surface area contributed by atoms with Crippen LogP contribution in [-0.2, 0) is 16.6 Å². The lowest BCUT2D eigenvalue weighted by Crippen LogP contribution is -2.45. The molecule has 0 unspecified atom stereocenters. The maximum absolute atomic E-state index is 12.5. The summed E-state index contributed by atoms with van der Waals surface area (Å²) < 4.78 is 28.6. The van der Waals surface area contributed by atoms with Crippen molar-refractivity contribution in [2.24, 2.45) is 5.92 Å². The molecule has 0 aromatic carbocycles. The average molecular weight is 381 g/mol. The van der Waals surface area contributed by atoms with Crippen LogP contribution in [0.15, 0.2) is 14.7 Å². The Labute approximate surface area is 133 Å². The van der Waals surface area contributed by atoms with E-state index in [1.165, 1.54) is 11.3 Å². The Bertz CT molecular complexity index is 577. The van der Waals surface area contributed by atoms with Crippen molar-refractivity contribution in [3.63, 3.8) is 0 Å². The summed E-state index contributed by atoms with van der Waals surface area (Å²) in [5.41, 5.74) is -0.373. The van der Waals surface area contributed by atoms with Crippen LogP contribution in [0.5, 0.6) is 0 Å². The number of hydrogen-bond acceptors (Lipinski definition) is 4. The normalized spacial score (nSPS) is 16.6. The molecule has 0 radical (unpaired) electrons. The van der Waals surface area contributed by atoms with Crippen molar-refractivity contribution in [1.29, 1.82) is 0 Å². The van der Waals surface area contributed by atoms with Crippen LogP contribution >= 0.6 is 27.3 Å². The lowest BCUT2D eigenvalue weighted by atomic mass is 10.0. The van der Waals surface area contributed by atoms with E-state index >= 15 is 0 Å². The summed E-state index contributed by atoms with van der Waals surface area (Å²) in [6, 6.07) is 1.75. The van der Waals surface area contributed by atoms with E-state index < -0.39 is 10.0 Å². The zero-order valence-electron chi connectivity index (χ0n) is 12.0. The molecule has 20 heavy (non-hydrogen) atoms. The van der Waals surface area contributed by atoms with Gasteiger partial charge in [0.1, 0.15) is 4.90 Å². The molecule has 2 rings (SSSR count). The van der Waals surface area contributed by atoms with Crippen LogP contribution in [0.4, 0.5) is 0 Å². The molecule has 1 aromatic heterocycles. The van der Waals surface area contributed by atoms with Gasteiger partial charge < -0.3 is 5.32 Å². The summed E-state index contributed by atoms with van der Waals surface area (Å²) in [6.45, 7) is 7.51. The Kier molecular flexibility index (Phi) is 4.96. The summed E-state index contributed by atoms with van der Waals surface area (Å²) in [5, 5.41) is 3.21. The molecule has 2 N–H and O–H groups in total. The predicted molar refractivity (Wildman–Crippen MR) is 86.5 cm³/mol. The molecule has 0 bridgehead atoms. The highest BCUT2D eigenvalue weighted by Gasteiger charge is 2.41. The SMILES string of the molecule is CCNCc1cc(S(=O)(=O)NC(C)(C)C2CC2)c(Br)s1. The van der Waals surface area contributed by atoms with Gasteiger partial charge in [-0.15, -0.1) is 11.3 Å². The van der Waals surface area contributed by atoms with E-state index in [4.69, 9.17) is 0 Å². The minimum absolute atomic E-state index is 0.351. The van der Waals surface area contributed by atoms with Gasteiger partial charge >= 0.3 is 0 Å². The molecule has 1 aromatic rings. The third-order valence-electron chi connectivity index (χ3n) is 3.54. The van der Waals surface area contributed by atoms with Gasteiger partial charge in [-0.05, 0) is 61.1 Å². The molecular formula is C13H21BrN2O2S2. The lowest BCUT2D eigenvalue weighted by molar-refractivity contribution is 0.400. The number of nitrogens with one attached hydrogen (secondary N) is 2. The minimum Gasteiger partial charge on any atom is -0.312 e. The fraction of sp³-hybridized carbons (Fsp3) is 0.692. The number of thiophene rings is 1. The number of sulfonamides is 1. The molecule has 0 amide bonds. The monoisotopic (exact) mass is 380 g/mol. The van der Waals surface area contributed by atoms with Crippen LogP contribution in [0.25, 0.3) is 0 Å². The molecule has 1 fully saturated rings. The van der Waals surface area contributed by atoms with E-state index in [9.17, 15) is 8.42 Å². The molecule has 0 aliphatic heterocycles. The first-order valence-corrected chi connectivity index (χ1v) is 9.88. The van der Waals surface area contributed by atoms with Gasteiger partial charge in [0.05, 0.1) is 3.79 Å². The van der Waals surface area contributed by atoms with E-state index in [0.717, 1.165) is 24.3 Å². The van der Waals surface area contributed by atoms with Crippen molar-refractivity contribution >= 4 is 37.3 Å². The van der Waals surface area contributed by atoms with Crippen LogP contribution in [0.3, 0.4) is 0 Å². The highest BCUT2D eigenvalue weighted by Crippen LogP contribution is 2.40. The number of hydrogen-bond donors (Lipinski definition) is 2. The van der Waals surface area contributed by atoms with E-state index in [1.54, 1.807) is 6.07 Å².